The van der Waals surface area contributed by atoms with Gasteiger partial charge >= 0.3 is 0 Å². The zero-order chi connectivity index (χ0) is 21.4. The summed E-state index contributed by atoms with van der Waals surface area (Å²) in [6, 6.07) is 4.22. The average molecular weight is 449 g/mol. The number of hydrogen-bond acceptors (Lipinski definition) is 6. The van der Waals surface area contributed by atoms with E-state index in [1.165, 1.54) is 11.8 Å². The number of nitrogens with one attached hydrogen (secondary N) is 2. The van der Waals surface area contributed by atoms with E-state index in [0.29, 0.717) is 19.1 Å². The van der Waals surface area contributed by atoms with E-state index in [1.54, 1.807) is 0 Å². The Hall–Kier alpha value is -1.68. The summed E-state index contributed by atoms with van der Waals surface area (Å²) in [6.45, 7) is 2.79. The Labute approximate surface area is 183 Å². The topological polar surface area (TPSA) is 96.6 Å². The normalized spacial score (nSPS) is 30.5. The van der Waals surface area contributed by atoms with Crippen LogP contribution in [0.4, 0.5) is 0 Å². The first-order chi connectivity index (χ1) is 15.0. The highest BCUT2D eigenvalue weighted by molar-refractivity contribution is 7.88. The molecule has 1 unspecified atom stereocenters. The SMILES string of the molecule is CS(=O)(=O)N[C@H]1CCCN2CCOc3cc4[nH]ncc4cc3C3CCC(CC3)OCC12. The van der Waals surface area contributed by atoms with Crippen LogP contribution in [0, 0.1) is 0 Å². The largest absolute Gasteiger partial charge is 0.492 e. The van der Waals surface area contributed by atoms with Crippen LogP contribution in [0.2, 0.25) is 0 Å². The minimum atomic E-state index is -3.27. The molecule has 1 saturated heterocycles. The molecule has 4 heterocycles. The molecule has 4 aliphatic rings. The number of ether oxygens (including phenoxy) is 2. The minimum absolute atomic E-state index is 0.0279. The van der Waals surface area contributed by atoms with Gasteiger partial charge in [-0.15, -0.1) is 0 Å². The molecule has 8 nitrogen and oxygen atoms in total. The van der Waals surface area contributed by atoms with Crippen LogP contribution >= 0.6 is 0 Å². The number of fused-ring (bicyclic) bond motifs is 6. The molecular formula is C22H32N4O4S. The molecule has 2 bridgehead atoms. The summed E-state index contributed by atoms with van der Waals surface area (Å²) in [5.41, 5.74) is 2.27. The van der Waals surface area contributed by atoms with Crippen molar-refractivity contribution in [2.24, 2.45) is 0 Å². The number of nitrogens with zero attached hydrogens (tertiary/aromatic N) is 2. The molecule has 6 rings (SSSR count). The predicted molar refractivity (Wildman–Crippen MR) is 119 cm³/mol. The third-order valence-corrected chi connectivity index (χ3v) is 7.81. The summed E-state index contributed by atoms with van der Waals surface area (Å²) >= 11 is 0. The third-order valence-electron chi connectivity index (χ3n) is 7.08. The van der Waals surface area contributed by atoms with Gasteiger partial charge in [0.1, 0.15) is 12.4 Å². The van der Waals surface area contributed by atoms with Gasteiger partial charge in [-0.1, -0.05) is 0 Å². The predicted octanol–water partition coefficient (Wildman–Crippen LogP) is 2.38. The molecular weight excluding hydrogens is 416 g/mol. The first-order valence-electron chi connectivity index (χ1n) is 11.4. The number of rotatable bonds is 2. The molecule has 31 heavy (non-hydrogen) atoms. The lowest BCUT2D eigenvalue weighted by Crippen LogP contribution is -2.58. The summed E-state index contributed by atoms with van der Waals surface area (Å²) in [7, 11) is -3.27. The Bertz CT molecular complexity index is 1020. The highest BCUT2D eigenvalue weighted by atomic mass is 32.2. The van der Waals surface area contributed by atoms with E-state index in [1.807, 2.05) is 6.20 Å². The van der Waals surface area contributed by atoms with E-state index in [4.69, 9.17) is 9.47 Å². The first-order valence-corrected chi connectivity index (χ1v) is 13.3. The molecule has 2 aromatic rings. The first kappa shape index (κ1) is 21.2. The third kappa shape index (κ3) is 4.74. The lowest BCUT2D eigenvalue weighted by atomic mass is 9.82. The zero-order valence-electron chi connectivity index (χ0n) is 18.0. The number of sulfonamides is 1. The molecule has 2 N–H and O–H groups in total. The van der Waals surface area contributed by atoms with Gasteiger partial charge in [0.15, 0.2) is 0 Å². The van der Waals surface area contributed by atoms with Crippen molar-refractivity contribution in [3.05, 3.63) is 23.9 Å². The van der Waals surface area contributed by atoms with Gasteiger partial charge in [0.05, 0.1) is 30.7 Å². The van der Waals surface area contributed by atoms with Crippen molar-refractivity contribution in [3.8, 4) is 5.75 Å². The fourth-order valence-electron chi connectivity index (χ4n) is 5.52. The van der Waals surface area contributed by atoms with Gasteiger partial charge in [-0.2, -0.15) is 5.10 Å². The van der Waals surface area contributed by atoms with Crippen LogP contribution in [-0.4, -0.2) is 74.3 Å². The Morgan fingerprint density at radius 2 is 2.00 bits per heavy atom. The van der Waals surface area contributed by atoms with Gasteiger partial charge in [0.25, 0.3) is 0 Å². The molecule has 1 aromatic heterocycles. The van der Waals surface area contributed by atoms with Gasteiger partial charge in [-0.3, -0.25) is 10.00 Å². The van der Waals surface area contributed by atoms with Gasteiger partial charge in [0.2, 0.25) is 10.0 Å². The van der Waals surface area contributed by atoms with Crippen LogP contribution in [0.15, 0.2) is 18.3 Å². The molecule has 0 spiro atoms. The zero-order valence-corrected chi connectivity index (χ0v) is 18.9. The van der Waals surface area contributed by atoms with E-state index in [9.17, 15) is 8.42 Å². The number of H-pyrrole nitrogens is 1. The molecule has 1 aliphatic carbocycles. The fraction of sp³-hybridized carbons (Fsp3) is 0.682. The van der Waals surface area contributed by atoms with Crippen LogP contribution in [0.25, 0.3) is 10.9 Å². The molecule has 170 valence electrons. The summed E-state index contributed by atoms with van der Waals surface area (Å²) < 4.78 is 39.5. The molecule has 3 aliphatic heterocycles. The number of aromatic nitrogens is 2. The van der Waals surface area contributed by atoms with Crippen molar-refractivity contribution >= 4 is 20.9 Å². The quantitative estimate of drug-likeness (QED) is 0.732. The number of benzene rings is 1. The van der Waals surface area contributed by atoms with E-state index < -0.39 is 10.0 Å². The number of piperidine rings is 1. The van der Waals surface area contributed by atoms with Gasteiger partial charge in [-0.25, -0.2) is 13.1 Å². The molecule has 2 atom stereocenters. The Kier molecular flexibility index (Phi) is 5.94. The molecule has 2 fully saturated rings. The molecule has 9 heteroatoms. The Morgan fingerprint density at radius 3 is 2.81 bits per heavy atom. The van der Waals surface area contributed by atoms with E-state index in [-0.39, 0.29) is 18.2 Å². The molecule has 1 saturated carbocycles. The highest BCUT2D eigenvalue weighted by Crippen LogP contribution is 2.40. The minimum Gasteiger partial charge on any atom is -0.492 e. The molecule has 0 radical (unpaired) electrons. The van der Waals surface area contributed by atoms with Crippen LogP contribution in [0.1, 0.15) is 50.0 Å². The molecule has 0 amide bonds. The second kappa shape index (κ2) is 8.69. The van der Waals surface area contributed by atoms with Gasteiger partial charge in [-0.05, 0) is 62.6 Å². The lowest BCUT2D eigenvalue weighted by Gasteiger charge is -2.41. The van der Waals surface area contributed by atoms with Crippen molar-refractivity contribution < 1.29 is 17.9 Å². The molecule has 1 aromatic carbocycles. The summed E-state index contributed by atoms with van der Waals surface area (Å²) in [4.78, 5) is 2.34. The number of aromatic amines is 1. The maximum absolute atomic E-state index is 11.9. The van der Waals surface area contributed by atoms with Crippen molar-refractivity contribution in [2.45, 2.75) is 62.6 Å². The second-order valence-corrected chi connectivity index (χ2v) is 11.0. The maximum atomic E-state index is 11.9. The van der Waals surface area contributed by atoms with E-state index >= 15 is 0 Å². The van der Waals surface area contributed by atoms with Crippen LogP contribution in [0.3, 0.4) is 0 Å². The average Bonchev–Trinajstić information content (AvgIpc) is 3.19. The van der Waals surface area contributed by atoms with Gasteiger partial charge in [0, 0.05) is 30.1 Å². The second-order valence-electron chi connectivity index (χ2n) is 9.24. The lowest BCUT2D eigenvalue weighted by molar-refractivity contribution is -0.0284. The van der Waals surface area contributed by atoms with Crippen LogP contribution in [0.5, 0.6) is 5.75 Å². The van der Waals surface area contributed by atoms with Crippen molar-refractivity contribution in [1.82, 2.24) is 19.8 Å². The van der Waals surface area contributed by atoms with Crippen LogP contribution in [-0.2, 0) is 14.8 Å². The maximum Gasteiger partial charge on any atom is 0.209 e. The Balaban J connectivity index is 1.42. The van der Waals surface area contributed by atoms with E-state index in [2.05, 4.69) is 32.0 Å². The van der Waals surface area contributed by atoms with Crippen molar-refractivity contribution in [2.75, 3.05) is 32.6 Å². The van der Waals surface area contributed by atoms with Crippen LogP contribution < -0.4 is 9.46 Å². The van der Waals surface area contributed by atoms with E-state index in [0.717, 1.165) is 68.3 Å². The standard InChI is InChI=1S/C22H32N4O4S/c1-31(27,28)25-19-3-2-8-26-9-10-29-22-12-20-16(13-23-24-20)11-18(22)15-4-6-17(7-5-15)30-14-21(19)26/h11-13,15,17,19,21,25H,2-10,14H2,1H3,(H,23,24)/t15?,17?,19-,21?/m0/s1. The summed E-state index contributed by atoms with van der Waals surface area (Å²) in [5.74, 6) is 1.41. The summed E-state index contributed by atoms with van der Waals surface area (Å²) in [6.07, 6.45) is 9.33. The Morgan fingerprint density at radius 1 is 1.16 bits per heavy atom. The highest BCUT2D eigenvalue weighted by Gasteiger charge is 2.35. The van der Waals surface area contributed by atoms with Gasteiger partial charge < -0.3 is 9.47 Å². The monoisotopic (exact) mass is 448 g/mol. The number of hydrogen-bond donors (Lipinski definition) is 2. The van der Waals surface area contributed by atoms with Crippen molar-refractivity contribution in [1.29, 1.82) is 0 Å². The fourth-order valence-corrected chi connectivity index (χ4v) is 6.34. The smallest absolute Gasteiger partial charge is 0.209 e. The van der Waals surface area contributed by atoms with Crippen molar-refractivity contribution in [3.63, 3.8) is 0 Å². The summed E-state index contributed by atoms with van der Waals surface area (Å²) in [5, 5.41) is 8.36.